The molecule has 0 aliphatic heterocycles. The number of hydrogen-bond donors (Lipinski definition) is 0. The van der Waals surface area contributed by atoms with E-state index in [0.717, 1.165) is 16.7 Å². The standard InChI is InChI=1S/C11H11N.C9H7N/c1-8-3-6-11-10(7-8)5-4-9(2)12-11;1-2-6-9-8(4-1)5-3-7-10-9/h3-7H,1-2H3;1-7H. The van der Waals surface area contributed by atoms with Gasteiger partial charge in [-0.3, -0.25) is 9.97 Å². The van der Waals surface area contributed by atoms with Crippen molar-refractivity contribution in [3.05, 3.63) is 84.2 Å². The van der Waals surface area contributed by atoms with Crippen LogP contribution in [0.25, 0.3) is 21.8 Å². The first-order valence-electron chi connectivity index (χ1n) is 7.36. The molecule has 0 unspecified atom stereocenters. The van der Waals surface area contributed by atoms with E-state index in [4.69, 9.17) is 0 Å². The van der Waals surface area contributed by atoms with Crippen molar-refractivity contribution in [1.29, 1.82) is 0 Å². The van der Waals surface area contributed by atoms with E-state index in [1.54, 1.807) is 0 Å². The highest BCUT2D eigenvalue weighted by molar-refractivity contribution is 5.79. The van der Waals surface area contributed by atoms with Crippen molar-refractivity contribution in [3.8, 4) is 0 Å². The van der Waals surface area contributed by atoms with Gasteiger partial charge in [0.05, 0.1) is 11.0 Å². The molecule has 2 aromatic heterocycles. The van der Waals surface area contributed by atoms with Crippen LogP contribution < -0.4 is 0 Å². The topological polar surface area (TPSA) is 25.8 Å². The van der Waals surface area contributed by atoms with Gasteiger partial charge in [0, 0.05) is 22.7 Å². The highest BCUT2D eigenvalue weighted by Gasteiger charge is 1.94. The monoisotopic (exact) mass is 286 g/mol. The Kier molecular flexibility index (Phi) is 4.10. The van der Waals surface area contributed by atoms with Crippen LogP contribution in [-0.2, 0) is 0 Å². The van der Waals surface area contributed by atoms with Gasteiger partial charge >= 0.3 is 0 Å². The molecule has 2 nitrogen and oxygen atoms in total. The second kappa shape index (κ2) is 6.35. The molecule has 0 radical (unpaired) electrons. The van der Waals surface area contributed by atoms with Crippen LogP contribution in [0.5, 0.6) is 0 Å². The number of nitrogens with zero attached hydrogens (tertiary/aromatic N) is 2. The lowest BCUT2D eigenvalue weighted by molar-refractivity contribution is 1.25. The zero-order valence-corrected chi connectivity index (χ0v) is 12.8. The van der Waals surface area contributed by atoms with Crippen LogP contribution in [0.3, 0.4) is 0 Å². The minimum Gasteiger partial charge on any atom is -0.256 e. The van der Waals surface area contributed by atoms with Crippen LogP contribution in [0.1, 0.15) is 11.3 Å². The molecular formula is C20H18N2. The number of fused-ring (bicyclic) bond motifs is 2. The Morgan fingerprint density at radius 2 is 1.50 bits per heavy atom. The van der Waals surface area contributed by atoms with E-state index in [2.05, 4.69) is 53.3 Å². The predicted molar refractivity (Wildman–Crippen MR) is 93.0 cm³/mol. The van der Waals surface area contributed by atoms with Crippen molar-refractivity contribution in [2.75, 3.05) is 0 Å². The van der Waals surface area contributed by atoms with Gasteiger partial charge in [0.1, 0.15) is 0 Å². The molecule has 108 valence electrons. The largest absolute Gasteiger partial charge is 0.256 e. The summed E-state index contributed by atoms with van der Waals surface area (Å²) in [5.41, 5.74) is 4.50. The quantitative estimate of drug-likeness (QED) is 0.450. The zero-order valence-electron chi connectivity index (χ0n) is 12.8. The van der Waals surface area contributed by atoms with E-state index >= 15 is 0 Å². The molecule has 4 aromatic rings. The van der Waals surface area contributed by atoms with Crippen molar-refractivity contribution in [2.45, 2.75) is 13.8 Å². The van der Waals surface area contributed by atoms with Gasteiger partial charge in [0.15, 0.2) is 0 Å². The molecule has 2 aromatic carbocycles. The van der Waals surface area contributed by atoms with Gasteiger partial charge in [-0.25, -0.2) is 0 Å². The molecule has 0 fully saturated rings. The Labute approximate surface area is 130 Å². The molecular weight excluding hydrogens is 268 g/mol. The molecule has 0 saturated heterocycles. The molecule has 0 atom stereocenters. The number of benzene rings is 2. The first-order valence-corrected chi connectivity index (χ1v) is 7.36. The maximum Gasteiger partial charge on any atom is 0.0705 e. The second-order valence-corrected chi connectivity index (χ2v) is 5.34. The average molecular weight is 286 g/mol. The lowest BCUT2D eigenvalue weighted by Gasteiger charge is -1.99. The fourth-order valence-electron chi connectivity index (χ4n) is 2.36. The van der Waals surface area contributed by atoms with Gasteiger partial charge in [-0.15, -0.1) is 0 Å². The summed E-state index contributed by atoms with van der Waals surface area (Å²) in [5.74, 6) is 0. The van der Waals surface area contributed by atoms with Crippen LogP contribution in [0.2, 0.25) is 0 Å². The SMILES string of the molecule is Cc1ccc2nc(C)ccc2c1.c1ccc2ncccc2c1. The Bertz CT molecular complexity index is 807. The summed E-state index contributed by atoms with van der Waals surface area (Å²) in [4.78, 5) is 8.60. The molecule has 0 saturated carbocycles. The summed E-state index contributed by atoms with van der Waals surface area (Å²) < 4.78 is 0. The molecule has 22 heavy (non-hydrogen) atoms. The Morgan fingerprint density at radius 3 is 2.36 bits per heavy atom. The molecule has 2 heterocycles. The summed E-state index contributed by atoms with van der Waals surface area (Å²) in [6.07, 6.45) is 1.81. The molecule has 0 aliphatic rings. The minimum atomic E-state index is 1.06. The number of rotatable bonds is 0. The van der Waals surface area contributed by atoms with Crippen LogP contribution in [0.15, 0.2) is 72.9 Å². The fourth-order valence-corrected chi connectivity index (χ4v) is 2.36. The first-order chi connectivity index (χ1) is 10.7. The smallest absolute Gasteiger partial charge is 0.0705 e. The highest BCUT2D eigenvalue weighted by atomic mass is 14.7. The van der Waals surface area contributed by atoms with Crippen LogP contribution >= 0.6 is 0 Å². The Hall–Kier alpha value is -2.74. The third kappa shape index (κ3) is 3.29. The maximum atomic E-state index is 4.42. The second-order valence-electron chi connectivity index (χ2n) is 5.34. The van der Waals surface area contributed by atoms with Crippen molar-refractivity contribution in [1.82, 2.24) is 9.97 Å². The normalized spacial score (nSPS) is 10.3. The van der Waals surface area contributed by atoms with Crippen LogP contribution in [-0.4, -0.2) is 9.97 Å². The van der Waals surface area contributed by atoms with Gasteiger partial charge in [0.2, 0.25) is 0 Å². The molecule has 2 heteroatoms. The predicted octanol–water partition coefficient (Wildman–Crippen LogP) is 5.09. The first kappa shape index (κ1) is 14.2. The van der Waals surface area contributed by atoms with Gasteiger partial charge in [-0.05, 0) is 44.2 Å². The van der Waals surface area contributed by atoms with E-state index in [1.165, 1.54) is 16.3 Å². The summed E-state index contributed by atoms with van der Waals surface area (Å²) in [6, 6.07) is 22.6. The van der Waals surface area contributed by atoms with E-state index in [-0.39, 0.29) is 0 Å². The Balaban J connectivity index is 0.000000133. The summed E-state index contributed by atoms with van der Waals surface area (Å²) in [6.45, 7) is 4.11. The summed E-state index contributed by atoms with van der Waals surface area (Å²) >= 11 is 0. The van der Waals surface area contributed by atoms with Crippen LogP contribution in [0.4, 0.5) is 0 Å². The van der Waals surface area contributed by atoms with E-state index in [1.807, 2.05) is 43.5 Å². The number of hydrogen-bond acceptors (Lipinski definition) is 2. The zero-order chi connectivity index (χ0) is 15.4. The molecule has 0 aliphatic carbocycles. The van der Waals surface area contributed by atoms with Crippen molar-refractivity contribution in [2.24, 2.45) is 0 Å². The number of pyridine rings is 2. The lowest BCUT2D eigenvalue weighted by atomic mass is 10.1. The third-order valence-corrected chi connectivity index (χ3v) is 3.50. The molecule has 0 spiro atoms. The number of aryl methyl sites for hydroxylation is 2. The molecule has 0 bridgehead atoms. The van der Waals surface area contributed by atoms with Gasteiger partial charge in [-0.1, -0.05) is 42.0 Å². The molecule has 0 N–H and O–H groups in total. The van der Waals surface area contributed by atoms with Crippen molar-refractivity contribution < 1.29 is 0 Å². The maximum absolute atomic E-state index is 4.42. The van der Waals surface area contributed by atoms with Crippen molar-refractivity contribution >= 4 is 21.8 Å². The highest BCUT2D eigenvalue weighted by Crippen LogP contribution is 2.13. The fraction of sp³-hybridized carbons (Fsp3) is 0.100. The van der Waals surface area contributed by atoms with Gasteiger partial charge in [0.25, 0.3) is 0 Å². The van der Waals surface area contributed by atoms with E-state index < -0.39 is 0 Å². The van der Waals surface area contributed by atoms with E-state index in [9.17, 15) is 0 Å². The van der Waals surface area contributed by atoms with E-state index in [0.29, 0.717) is 0 Å². The Morgan fingerprint density at radius 1 is 0.682 bits per heavy atom. The van der Waals surface area contributed by atoms with Crippen LogP contribution in [0, 0.1) is 13.8 Å². The molecule has 4 rings (SSSR count). The third-order valence-electron chi connectivity index (χ3n) is 3.50. The number of aromatic nitrogens is 2. The average Bonchev–Trinajstić information content (AvgIpc) is 2.56. The number of para-hydroxylation sites is 1. The lowest BCUT2D eigenvalue weighted by Crippen LogP contribution is -1.82. The summed E-state index contributed by atoms with van der Waals surface area (Å²) in [5, 5.41) is 2.42. The summed E-state index contributed by atoms with van der Waals surface area (Å²) in [7, 11) is 0. The minimum absolute atomic E-state index is 1.06. The van der Waals surface area contributed by atoms with Gasteiger partial charge in [-0.2, -0.15) is 0 Å². The molecule has 0 amide bonds. The van der Waals surface area contributed by atoms with Gasteiger partial charge < -0.3 is 0 Å². The van der Waals surface area contributed by atoms with Crippen molar-refractivity contribution in [3.63, 3.8) is 0 Å².